The predicted octanol–water partition coefficient (Wildman–Crippen LogP) is 0.743. The second-order valence-electron chi connectivity index (χ2n) is 3.93. The number of rotatable bonds is 1. The average Bonchev–Trinajstić information content (AvgIpc) is 2.76. The first-order valence-corrected chi connectivity index (χ1v) is 5.39. The molecule has 0 saturated carbocycles. The Bertz CT molecular complexity index is 505. The minimum absolute atomic E-state index is 0.0942. The SMILES string of the molecule is Cc1nccc(C2NCCc3[nH]cnc32)n1. The van der Waals surface area contributed by atoms with Crippen molar-refractivity contribution >= 4 is 0 Å². The first kappa shape index (κ1) is 9.47. The highest BCUT2D eigenvalue weighted by Gasteiger charge is 2.24. The van der Waals surface area contributed by atoms with E-state index in [1.54, 1.807) is 12.5 Å². The van der Waals surface area contributed by atoms with Gasteiger partial charge in [0.1, 0.15) is 5.82 Å². The van der Waals surface area contributed by atoms with Crippen molar-refractivity contribution in [3.05, 3.63) is 41.5 Å². The highest BCUT2D eigenvalue weighted by atomic mass is 15.0. The molecular formula is C11H13N5. The summed E-state index contributed by atoms with van der Waals surface area (Å²) in [6.45, 7) is 2.85. The van der Waals surface area contributed by atoms with E-state index in [1.165, 1.54) is 5.69 Å². The Labute approximate surface area is 93.4 Å². The standard InChI is InChI=1S/C11H13N5/c1-7-12-4-3-9(16-7)11-10-8(2-5-13-11)14-6-15-10/h3-4,6,11,13H,2,5H2,1H3,(H,14,15). The van der Waals surface area contributed by atoms with Crippen molar-refractivity contribution in [2.45, 2.75) is 19.4 Å². The largest absolute Gasteiger partial charge is 0.348 e. The molecule has 0 aliphatic carbocycles. The maximum absolute atomic E-state index is 4.45. The zero-order chi connectivity index (χ0) is 11.0. The molecule has 1 unspecified atom stereocenters. The molecule has 2 N–H and O–H groups in total. The zero-order valence-corrected chi connectivity index (χ0v) is 9.07. The summed E-state index contributed by atoms with van der Waals surface area (Å²) >= 11 is 0. The number of aryl methyl sites for hydroxylation is 1. The summed E-state index contributed by atoms with van der Waals surface area (Å²) in [5.41, 5.74) is 3.25. The summed E-state index contributed by atoms with van der Waals surface area (Å²) < 4.78 is 0. The van der Waals surface area contributed by atoms with Crippen LogP contribution < -0.4 is 5.32 Å². The van der Waals surface area contributed by atoms with Crippen LogP contribution >= 0.6 is 0 Å². The predicted molar refractivity (Wildman–Crippen MR) is 58.9 cm³/mol. The lowest BCUT2D eigenvalue weighted by molar-refractivity contribution is 0.541. The van der Waals surface area contributed by atoms with Gasteiger partial charge in [-0.1, -0.05) is 0 Å². The van der Waals surface area contributed by atoms with Crippen LogP contribution in [0.4, 0.5) is 0 Å². The van der Waals surface area contributed by atoms with Crippen LogP contribution in [0.2, 0.25) is 0 Å². The molecule has 0 bridgehead atoms. The molecule has 0 amide bonds. The van der Waals surface area contributed by atoms with E-state index in [0.29, 0.717) is 0 Å². The van der Waals surface area contributed by atoms with E-state index in [-0.39, 0.29) is 6.04 Å². The van der Waals surface area contributed by atoms with E-state index < -0.39 is 0 Å². The van der Waals surface area contributed by atoms with Crippen LogP contribution in [0.5, 0.6) is 0 Å². The van der Waals surface area contributed by atoms with Gasteiger partial charge in [0.15, 0.2) is 0 Å². The summed E-state index contributed by atoms with van der Waals surface area (Å²) in [6.07, 6.45) is 4.54. The molecule has 1 atom stereocenters. The van der Waals surface area contributed by atoms with Crippen LogP contribution in [-0.2, 0) is 6.42 Å². The van der Waals surface area contributed by atoms with E-state index in [4.69, 9.17) is 0 Å². The van der Waals surface area contributed by atoms with E-state index in [1.807, 2.05) is 13.0 Å². The molecule has 0 spiro atoms. The van der Waals surface area contributed by atoms with Gasteiger partial charge in [-0.05, 0) is 13.0 Å². The average molecular weight is 215 g/mol. The van der Waals surface area contributed by atoms with E-state index >= 15 is 0 Å². The quantitative estimate of drug-likeness (QED) is 0.736. The Morgan fingerprint density at radius 1 is 1.38 bits per heavy atom. The molecule has 0 radical (unpaired) electrons. The number of hydrogen-bond acceptors (Lipinski definition) is 4. The van der Waals surface area contributed by atoms with Gasteiger partial charge in [-0.25, -0.2) is 15.0 Å². The van der Waals surface area contributed by atoms with Crippen molar-refractivity contribution in [1.29, 1.82) is 0 Å². The fourth-order valence-corrected chi connectivity index (χ4v) is 2.10. The molecule has 1 aliphatic rings. The van der Waals surface area contributed by atoms with Crippen molar-refractivity contribution in [2.75, 3.05) is 6.54 Å². The molecule has 2 aromatic rings. The summed E-state index contributed by atoms with van der Waals surface area (Å²) in [7, 11) is 0. The Hall–Kier alpha value is -1.75. The fourth-order valence-electron chi connectivity index (χ4n) is 2.10. The van der Waals surface area contributed by atoms with Gasteiger partial charge in [0.25, 0.3) is 0 Å². The Morgan fingerprint density at radius 3 is 3.19 bits per heavy atom. The zero-order valence-electron chi connectivity index (χ0n) is 9.07. The van der Waals surface area contributed by atoms with Gasteiger partial charge in [-0.3, -0.25) is 0 Å². The summed E-state index contributed by atoms with van der Waals surface area (Å²) in [4.78, 5) is 16.1. The molecule has 82 valence electrons. The molecule has 5 heteroatoms. The summed E-state index contributed by atoms with van der Waals surface area (Å²) in [5.74, 6) is 0.793. The van der Waals surface area contributed by atoms with Gasteiger partial charge in [0, 0.05) is 24.9 Å². The maximum Gasteiger partial charge on any atom is 0.125 e. The minimum Gasteiger partial charge on any atom is -0.348 e. The van der Waals surface area contributed by atoms with Crippen molar-refractivity contribution in [1.82, 2.24) is 25.3 Å². The van der Waals surface area contributed by atoms with Crippen LogP contribution in [0.1, 0.15) is 28.9 Å². The highest BCUT2D eigenvalue weighted by Crippen LogP contribution is 2.24. The highest BCUT2D eigenvalue weighted by molar-refractivity contribution is 5.27. The molecule has 0 saturated heterocycles. The lowest BCUT2D eigenvalue weighted by Crippen LogP contribution is -2.31. The van der Waals surface area contributed by atoms with Crippen LogP contribution in [0, 0.1) is 6.92 Å². The van der Waals surface area contributed by atoms with E-state index in [2.05, 4.69) is 25.3 Å². The smallest absolute Gasteiger partial charge is 0.125 e. The first-order valence-electron chi connectivity index (χ1n) is 5.39. The van der Waals surface area contributed by atoms with Crippen LogP contribution in [0.25, 0.3) is 0 Å². The van der Waals surface area contributed by atoms with Crippen LogP contribution in [-0.4, -0.2) is 26.5 Å². The van der Waals surface area contributed by atoms with E-state index in [0.717, 1.165) is 30.2 Å². The van der Waals surface area contributed by atoms with Crippen molar-refractivity contribution in [3.8, 4) is 0 Å². The van der Waals surface area contributed by atoms with Crippen molar-refractivity contribution < 1.29 is 0 Å². The summed E-state index contributed by atoms with van der Waals surface area (Å²) in [5, 5.41) is 3.43. The van der Waals surface area contributed by atoms with E-state index in [9.17, 15) is 0 Å². The molecular weight excluding hydrogens is 202 g/mol. The Balaban J connectivity index is 2.04. The molecule has 1 aliphatic heterocycles. The van der Waals surface area contributed by atoms with Gasteiger partial charge in [-0.2, -0.15) is 0 Å². The van der Waals surface area contributed by atoms with Crippen molar-refractivity contribution in [3.63, 3.8) is 0 Å². The van der Waals surface area contributed by atoms with Gasteiger partial charge in [0.2, 0.25) is 0 Å². The second-order valence-corrected chi connectivity index (χ2v) is 3.93. The third-order valence-corrected chi connectivity index (χ3v) is 2.84. The number of aromatic nitrogens is 4. The first-order chi connectivity index (χ1) is 7.84. The number of imidazole rings is 1. The monoisotopic (exact) mass is 215 g/mol. The second kappa shape index (κ2) is 3.68. The number of H-pyrrole nitrogens is 1. The van der Waals surface area contributed by atoms with Gasteiger partial charge in [-0.15, -0.1) is 0 Å². The topological polar surface area (TPSA) is 66.5 Å². The molecule has 2 aromatic heterocycles. The number of nitrogens with one attached hydrogen (secondary N) is 2. The lowest BCUT2D eigenvalue weighted by atomic mass is 10.0. The number of aromatic amines is 1. The molecule has 5 nitrogen and oxygen atoms in total. The Morgan fingerprint density at radius 2 is 2.31 bits per heavy atom. The molecule has 3 heterocycles. The Kier molecular flexibility index (Phi) is 2.18. The molecule has 0 aromatic carbocycles. The normalized spacial score (nSPS) is 19.4. The van der Waals surface area contributed by atoms with Crippen LogP contribution in [0.15, 0.2) is 18.6 Å². The number of nitrogens with zero attached hydrogens (tertiary/aromatic N) is 3. The van der Waals surface area contributed by atoms with Crippen molar-refractivity contribution in [2.24, 2.45) is 0 Å². The van der Waals surface area contributed by atoms with Gasteiger partial charge < -0.3 is 10.3 Å². The third kappa shape index (κ3) is 1.49. The van der Waals surface area contributed by atoms with Gasteiger partial charge >= 0.3 is 0 Å². The summed E-state index contributed by atoms with van der Waals surface area (Å²) in [6, 6.07) is 2.03. The molecule has 16 heavy (non-hydrogen) atoms. The van der Waals surface area contributed by atoms with Crippen LogP contribution in [0.3, 0.4) is 0 Å². The third-order valence-electron chi connectivity index (χ3n) is 2.84. The maximum atomic E-state index is 4.45. The number of fused-ring (bicyclic) bond motifs is 1. The minimum atomic E-state index is 0.0942. The molecule has 0 fully saturated rings. The fraction of sp³-hybridized carbons (Fsp3) is 0.364. The molecule has 3 rings (SSSR count). The number of hydrogen-bond donors (Lipinski definition) is 2. The lowest BCUT2D eigenvalue weighted by Gasteiger charge is -2.22. The van der Waals surface area contributed by atoms with Gasteiger partial charge in [0.05, 0.1) is 23.8 Å².